The van der Waals surface area contributed by atoms with Crippen molar-refractivity contribution >= 4 is 29.1 Å². The molecule has 1 aromatic rings. The predicted molar refractivity (Wildman–Crippen MR) is 71.1 cm³/mol. The second-order valence-electron chi connectivity index (χ2n) is 4.86. The number of amides is 2. The van der Waals surface area contributed by atoms with Crippen molar-refractivity contribution in [1.29, 1.82) is 0 Å². The lowest BCUT2D eigenvalue weighted by atomic mass is 9.93. The molecule has 1 N–H and O–H groups in total. The van der Waals surface area contributed by atoms with Gasteiger partial charge in [-0.3, -0.25) is 9.59 Å². The highest BCUT2D eigenvalue weighted by Crippen LogP contribution is 2.38. The number of imide groups is 1. The summed E-state index contributed by atoms with van der Waals surface area (Å²) < 4.78 is 13.9. The molecule has 6 heteroatoms. The van der Waals surface area contributed by atoms with Crippen molar-refractivity contribution in [2.75, 3.05) is 4.90 Å². The van der Waals surface area contributed by atoms with Crippen molar-refractivity contribution in [1.82, 2.24) is 0 Å². The van der Waals surface area contributed by atoms with Crippen LogP contribution in [0.3, 0.4) is 0 Å². The van der Waals surface area contributed by atoms with Gasteiger partial charge in [0.2, 0.25) is 0 Å². The molecule has 2 aliphatic rings. The van der Waals surface area contributed by atoms with E-state index in [-0.39, 0.29) is 10.7 Å². The SMILES string of the molecule is O=C1C2=C(CCCC2)C(=O)N1c1cc(Cl)c(O)cc1F. The van der Waals surface area contributed by atoms with Gasteiger partial charge in [-0.2, -0.15) is 0 Å². The number of rotatable bonds is 1. The van der Waals surface area contributed by atoms with Gasteiger partial charge in [-0.05, 0) is 31.7 Å². The van der Waals surface area contributed by atoms with Crippen molar-refractivity contribution in [3.8, 4) is 5.75 Å². The molecule has 0 bridgehead atoms. The first-order valence-electron chi connectivity index (χ1n) is 6.29. The number of phenolic OH excluding ortho intramolecular Hbond substituents is 1. The van der Waals surface area contributed by atoms with Crippen LogP contribution in [-0.2, 0) is 9.59 Å². The van der Waals surface area contributed by atoms with Crippen LogP contribution in [0.5, 0.6) is 5.75 Å². The highest BCUT2D eigenvalue weighted by molar-refractivity contribution is 6.35. The number of benzene rings is 1. The van der Waals surface area contributed by atoms with Gasteiger partial charge < -0.3 is 5.11 Å². The molecule has 0 aromatic heterocycles. The molecule has 1 heterocycles. The summed E-state index contributed by atoms with van der Waals surface area (Å²) in [6, 6.07) is 1.90. The second kappa shape index (κ2) is 4.59. The Kier molecular flexibility index (Phi) is 3.01. The molecule has 1 aliphatic heterocycles. The lowest BCUT2D eigenvalue weighted by Crippen LogP contribution is -2.32. The van der Waals surface area contributed by atoms with E-state index in [0.29, 0.717) is 24.0 Å². The van der Waals surface area contributed by atoms with Crippen LogP contribution < -0.4 is 4.90 Å². The minimum absolute atomic E-state index is 0.105. The first-order valence-corrected chi connectivity index (χ1v) is 6.67. The summed E-state index contributed by atoms with van der Waals surface area (Å²) in [6.45, 7) is 0. The van der Waals surface area contributed by atoms with Crippen molar-refractivity contribution in [3.05, 3.63) is 34.1 Å². The number of carbonyl (C=O) groups is 2. The van der Waals surface area contributed by atoms with Crippen molar-refractivity contribution < 1.29 is 19.1 Å². The van der Waals surface area contributed by atoms with Crippen LogP contribution in [0.15, 0.2) is 23.3 Å². The minimum Gasteiger partial charge on any atom is -0.506 e. The molecule has 0 radical (unpaired) electrons. The van der Waals surface area contributed by atoms with Crippen molar-refractivity contribution in [2.24, 2.45) is 0 Å². The fraction of sp³-hybridized carbons (Fsp3) is 0.286. The molecule has 3 rings (SSSR count). The Morgan fingerprint density at radius 1 is 1.10 bits per heavy atom. The van der Waals surface area contributed by atoms with E-state index in [2.05, 4.69) is 0 Å². The molecule has 0 saturated carbocycles. The predicted octanol–water partition coefficient (Wildman–Crippen LogP) is 2.93. The molecule has 0 atom stereocenters. The number of halogens is 2. The van der Waals surface area contributed by atoms with Gasteiger partial charge in [-0.15, -0.1) is 0 Å². The summed E-state index contributed by atoms with van der Waals surface area (Å²) in [5.41, 5.74) is 0.742. The Bertz CT molecular complexity index is 641. The maximum absolute atomic E-state index is 13.9. The highest BCUT2D eigenvalue weighted by atomic mass is 35.5. The Morgan fingerprint density at radius 3 is 2.20 bits per heavy atom. The van der Waals surface area contributed by atoms with Gasteiger partial charge in [0.1, 0.15) is 5.75 Å². The van der Waals surface area contributed by atoms with Gasteiger partial charge in [-0.25, -0.2) is 9.29 Å². The third-order valence-electron chi connectivity index (χ3n) is 3.65. The van der Waals surface area contributed by atoms with Crippen LogP contribution in [0.2, 0.25) is 5.02 Å². The number of nitrogens with zero attached hydrogens (tertiary/aromatic N) is 1. The number of hydrogen-bond acceptors (Lipinski definition) is 3. The van der Waals surface area contributed by atoms with Crippen LogP contribution in [0.4, 0.5) is 10.1 Å². The fourth-order valence-corrected chi connectivity index (χ4v) is 2.81. The number of carbonyl (C=O) groups excluding carboxylic acids is 2. The van der Waals surface area contributed by atoms with Gasteiger partial charge in [0.25, 0.3) is 11.8 Å². The van der Waals surface area contributed by atoms with Gasteiger partial charge >= 0.3 is 0 Å². The van der Waals surface area contributed by atoms with Crippen LogP contribution in [0, 0.1) is 5.82 Å². The summed E-state index contributed by atoms with van der Waals surface area (Å²) in [7, 11) is 0. The number of hydrogen-bond donors (Lipinski definition) is 1. The summed E-state index contributed by atoms with van der Waals surface area (Å²) in [5.74, 6) is -2.24. The minimum atomic E-state index is -0.853. The maximum atomic E-state index is 13.9. The summed E-state index contributed by atoms with van der Waals surface area (Å²) in [5, 5.41) is 9.23. The molecular formula is C14H11ClFNO3. The standard InChI is InChI=1S/C14H11ClFNO3/c15-9-5-11(10(16)6-12(9)18)17-13(19)7-3-1-2-4-8(7)14(17)20/h5-6,18H,1-4H2. The third kappa shape index (κ3) is 1.81. The highest BCUT2D eigenvalue weighted by Gasteiger charge is 2.40. The first kappa shape index (κ1) is 13.1. The second-order valence-corrected chi connectivity index (χ2v) is 5.27. The van der Waals surface area contributed by atoms with E-state index in [9.17, 15) is 19.1 Å². The van der Waals surface area contributed by atoms with Crippen molar-refractivity contribution in [3.63, 3.8) is 0 Å². The Labute approximate surface area is 119 Å². The van der Waals surface area contributed by atoms with E-state index >= 15 is 0 Å². The summed E-state index contributed by atoms with van der Waals surface area (Å²) >= 11 is 5.73. The van der Waals surface area contributed by atoms with Crippen LogP contribution in [0.1, 0.15) is 25.7 Å². The zero-order valence-corrected chi connectivity index (χ0v) is 11.2. The average molecular weight is 296 g/mol. The van der Waals surface area contributed by atoms with Crippen molar-refractivity contribution in [2.45, 2.75) is 25.7 Å². The zero-order chi connectivity index (χ0) is 14.4. The molecule has 1 aromatic carbocycles. The summed E-state index contributed by atoms with van der Waals surface area (Å²) in [4.78, 5) is 25.4. The molecule has 1 aliphatic carbocycles. The van der Waals surface area contributed by atoms with E-state index in [0.717, 1.165) is 29.9 Å². The maximum Gasteiger partial charge on any atom is 0.261 e. The lowest BCUT2D eigenvalue weighted by molar-refractivity contribution is -0.120. The molecule has 104 valence electrons. The molecule has 0 saturated heterocycles. The largest absolute Gasteiger partial charge is 0.506 e. The molecule has 0 spiro atoms. The third-order valence-corrected chi connectivity index (χ3v) is 3.95. The molecule has 4 nitrogen and oxygen atoms in total. The van der Waals surface area contributed by atoms with Gasteiger partial charge in [-0.1, -0.05) is 11.6 Å². The van der Waals surface area contributed by atoms with Gasteiger partial charge in [0.05, 0.1) is 10.7 Å². The quantitative estimate of drug-likeness (QED) is 0.810. The first-order chi connectivity index (χ1) is 9.50. The monoisotopic (exact) mass is 295 g/mol. The Morgan fingerprint density at radius 2 is 1.65 bits per heavy atom. The van der Waals surface area contributed by atoms with Crippen LogP contribution in [-0.4, -0.2) is 16.9 Å². The zero-order valence-electron chi connectivity index (χ0n) is 10.4. The molecule has 0 fully saturated rings. The smallest absolute Gasteiger partial charge is 0.261 e. The number of phenols is 1. The molecular weight excluding hydrogens is 285 g/mol. The molecule has 0 unspecified atom stereocenters. The van der Waals surface area contributed by atoms with E-state index in [1.165, 1.54) is 0 Å². The van der Waals surface area contributed by atoms with Gasteiger partial charge in [0.15, 0.2) is 5.82 Å². The lowest BCUT2D eigenvalue weighted by Gasteiger charge is -2.16. The Hall–Kier alpha value is -1.88. The molecule has 20 heavy (non-hydrogen) atoms. The van der Waals surface area contributed by atoms with Crippen LogP contribution >= 0.6 is 11.6 Å². The van der Waals surface area contributed by atoms with E-state index in [1.807, 2.05) is 0 Å². The Balaban J connectivity index is 2.07. The normalized spacial score (nSPS) is 18.8. The topological polar surface area (TPSA) is 57.6 Å². The number of anilines is 1. The van der Waals surface area contributed by atoms with Crippen LogP contribution in [0.25, 0.3) is 0 Å². The van der Waals surface area contributed by atoms with E-state index in [4.69, 9.17) is 11.6 Å². The molecule has 2 amide bonds. The van der Waals surface area contributed by atoms with E-state index < -0.39 is 23.4 Å². The average Bonchev–Trinajstić information content (AvgIpc) is 2.68. The van der Waals surface area contributed by atoms with E-state index in [1.54, 1.807) is 0 Å². The summed E-state index contributed by atoms with van der Waals surface area (Å²) in [6.07, 6.45) is 2.79. The van der Waals surface area contributed by atoms with Gasteiger partial charge in [0, 0.05) is 17.2 Å². The number of aromatic hydroxyl groups is 1. The fourth-order valence-electron chi connectivity index (χ4n) is 2.66.